The summed E-state index contributed by atoms with van der Waals surface area (Å²) < 4.78 is 37.8. The van der Waals surface area contributed by atoms with E-state index in [2.05, 4.69) is 20.8 Å². The van der Waals surface area contributed by atoms with Gasteiger partial charge in [0, 0.05) is 5.56 Å². The molecule has 0 bridgehead atoms. The van der Waals surface area contributed by atoms with Crippen molar-refractivity contribution in [3.8, 4) is 0 Å². The molecule has 3 rings (SSSR count). The van der Waals surface area contributed by atoms with Crippen molar-refractivity contribution in [3.05, 3.63) is 65.7 Å². The molecule has 0 amide bonds. The monoisotopic (exact) mass is 346 g/mol. The van der Waals surface area contributed by atoms with E-state index in [0.29, 0.717) is 5.56 Å². The summed E-state index contributed by atoms with van der Waals surface area (Å²) in [5, 5.41) is -1.77. The second-order valence-corrected chi connectivity index (χ2v) is 8.91. The van der Waals surface area contributed by atoms with Crippen LogP contribution in [0, 0.1) is 0 Å². The summed E-state index contributed by atoms with van der Waals surface area (Å²) in [4.78, 5) is 0.196. The summed E-state index contributed by atoms with van der Waals surface area (Å²) in [5.74, 6) is 0. The molecule has 128 valence electrons. The first-order chi connectivity index (χ1) is 11.3. The van der Waals surface area contributed by atoms with Gasteiger partial charge in [-0.25, -0.2) is 8.42 Å². The quantitative estimate of drug-likeness (QED) is 0.852. The van der Waals surface area contributed by atoms with Crippen LogP contribution >= 0.6 is 0 Å². The van der Waals surface area contributed by atoms with E-state index < -0.39 is 15.0 Å². The Kier molecular flexibility index (Phi) is 4.28. The average molecular weight is 346 g/mol. The van der Waals surface area contributed by atoms with Crippen molar-refractivity contribution >= 4 is 9.84 Å². The van der Waals surface area contributed by atoms with Gasteiger partial charge in [0.15, 0.2) is 0 Å². The minimum absolute atomic E-state index is 0.0419. The second kappa shape index (κ2) is 5.99. The summed E-state index contributed by atoms with van der Waals surface area (Å²) in [7, 11) is -3.86. The van der Waals surface area contributed by atoms with Gasteiger partial charge in [0.25, 0.3) is 0 Å². The highest BCUT2D eigenvalue weighted by atomic mass is 32.2. The van der Waals surface area contributed by atoms with E-state index in [4.69, 9.17) is 9.47 Å². The lowest BCUT2D eigenvalue weighted by atomic mass is 9.87. The van der Waals surface area contributed by atoms with Gasteiger partial charge in [-0.3, -0.25) is 0 Å². The number of hydrogen-bond donors (Lipinski definition) is 0. The van der Waals surface area contributed by atoms with Crippen LogP contribution in [0.4, 0.5) is 0 Å². The average Bonchev–Trinajstić information content (AvgIpc) is 3.06. The highest BCUT2D eigenvalue weighted by Crippen LogP contribution is 2.41. The molecule has 2 aromatic rings. The fourth-order valence-electron chi connectivity index (χ4n) is 2.80. The van der Waals surface area contributed by atoms with Gasteiger partial charge in [0.05, 0.1) is 18.1 Å². The Bertz CT molecular complexity index is 797. The number of benzene rings is 2. The van der Waals surface area contributed by atoms with Crippen LogP contribution in [0.15, 0.2) is 59.5 Å². The third-order valence-electron chi connectivity index (χ3n) is 4.18. The fourth-order valence-corrected chi connectivity index (χ4v) is 4.53. The predicted molar refractivity (Wildman–Crippen MR) is 92.4 cm³/mol. The van der Waals surface area contributed by atoms with Crippen molar-refractivity contribution in [1.82, 2.24) is 0 Å². The molecule has 1 aliphatic rings. The van der Waals surface area contributed by atoms with Gasteiger partial charge in [-0.05, 0) is 23.1 Å². The molecule has 0 aliphatic carbocycles. The Labute approximate surface area is 143 Å². The van der Waals surface area contributed by atoms with E-state index in [0.717, 1.165) is 5.56 Å². The maximum absolute atomic E-state index is 13.3. The first-order valence-electron chi connectivity index (χ1n) is 7.96. The topological polar surface area (TPSA) is 52.6 Å². The minimum Gasteiger partial charge on any atom is -0.331 e. The molecule has 0 atom stereocenters. The summed E-state index contributed by atoms with van der Waals surface area (Å²) in [6, 6.07) is 15.8. The van der Waals surface area contributed by atoms with E-state index in [-0.39, 0.29) is 23.5 Å². The number of ether oxygens (including phenoxy) is 2. The molecule has 0 spiro atoms. The molecular weight excluding hydrogens is 324 g/mol. The highest BCUT2D eigenvalue weighted by Gasteiger charge is 2.52. The van der Waals surface area contributed by atoms with Crippen molar-refractivity contribution in [1.29, 1.82) is 0 Å². The van der Waals surface area contributed by atoms with Crippen LogP contribution < -0.4 is 0 Å². The van der Waals surface area contributed by atoms with E-state index in [1.807, 2.05) is 18.2 Å². The molecule has 0 aromatic heterocycles. The van der Waals surface area contributed by atoms with Crippen LogP contribution in [0.5, 0.6) is 0 Å². The Hall–Kier alpha value is -1.69. The molecule has 0 saturated carbocycles. The Morgan fingerprint density at radius 1 is 0.875 bits per heavy atom. The molecule has 0 radical (unpaired) electrons. The minimum atomic E-state index is -3.86. The lowest BCUT2D eigenvalue weighted by Crippen LogP contribution is -2.37. The summed E-state index contributed by atoms with van der Waals surface area (Å²) in [5.41, 5.74) is 1.52. The maximum atomic E-state index is 13.3. The zero-order chi connectivity index (χ0) is 17.4. The van der Waals surface area contributed by atoms with Gasteiger partial charge in [-0.2, -0.15) is 0 Å². The van der Waals surface area contributed by atoms with Gasteiger partial charge in [-0.1, -0.05) is 63.2 Å². The third kappa shape index (κ3) is 2.77. The Morgan fingerprint density at radius 3 is 1.92 bits per heavy atom. The Morgan fingerprint density at radius 2 is 1.42 bits per heavy atom. The lowest BCUT2D eigenvalue weighted by Gasteiger charge is -2.28. The van der Waals surface area contributed by atoms with Crippen LogP contribution in [-0.2, 0) is 29.8 Å². The molecule has 5 heteroatoms. The SMILES string of the molecule is CC(C)(C)c1ccc(S(=O)(=O)C2(c3ccccc3)OCCO2)cc1. The molecular formula is C19H22O4S. The smallest absolute Gasteiger partial charge is 0.306 e. The van der Waals surface area contributed by atoms with Crippen LogP contribution in [0.25, 0.3) is 0 Å². The number of rotatable bonds is 3. The van der Waals surface area contributed by atoms with Crippen molar-refractivity contribution in [2.75, 3.05) is 13.2 Å². The molecule has 0 unspecified atom stereocenters. The largest absolute Gasteiger partial charge is 0.331 e. The van der Waals surface area contributed by atoms with E-state index >= 15 is 0 Å². The molecule has 1 heterocycles. The first kappa shape index (κ1) is 17.1. The molecule has 1 fully saturated rings. The van der Waals surface area contributed by atoms with Gasteiger partial charge in [-0.15, -0.1) is 0 Å². The van der Waals surface area contributed by atoms with Crippen molar-refractivity contribution in [2.24, 2.45) is 0 Å². The lowest BCUT2D eigenvalue weighted by molar-refractivity contribution is -0.0903. The number of sulfone groups is 1. The van der Waals surface area contributed by atoms with Gasteiger partial charge < -0.3 is 9.47 Å². The molecule has 2 aromatic carbocycles. The van der Waals surface area contributed by atoms with Crippen LogP contribution in [0.3, 0.4) is 0 Å². The third-order valence-corrected chi connectivity index (χ3v) is 6.25. The number of hydrogen-bond acceptors (Lipinski definition) is 4. The van der Waals surface area contributed by atoms with Gasteiger partial charge in [0.1, 0.15) is 0 Å². The van der Waals surface area contributed by atoms with E-state index in [1.54, 1.807) is 36.4 Å². The molecule has 0 N–H and O–H groups in total. The predicted octanol–water partition coefficient (Wildman–Crippen LogP) is 3.62. The fraction of sp³-hybridized carbons (Fsp3) is 0.368. The highest BCUT2D eigenvalue weighted by molar-refractivity contribution is 7.92. The van der Waals surface area contributed by atoms with Crippen molar-refractivity contribution in [3.63, 3.8) is 0 Å². The first-order valence-corrected chi connectivity index (χ1v) is 9.44. The molecule has 4 nitrogen and oxygen atoms in total. The van der Waals surface area contributed by atoms with Crippen molar-refractivity contribution < 1.29 is 17.9 Å². The zero-order valence-corrected chi connectivity index (χ0v) is 15.0. The van der Waals surface area contributed by atoms with E-state index in [9.17, 15) is 8.42 Å². The summed E-state index contributed by atoms with van der Waals surface area (Å²) in [6.45, 7) is 6.75. The molecule has 1 aliphatic heterocycles. The summed E-state index contributed by atoms with van der Waals surface area (Å²) >= 11 is 0. The van der Waals surface area contributed by atoms with Gasteiger partial charge >= 0.3 is 5.12 Å². The molecule has 1 saturated heterocycles. The summed E-state index contributed by atoms with van der Waals surface area (Å²) in [6.07, 6.45) is 0. The second-order valence-electron chi connectivity index (χ2n) is 6.90. The zero-order valence-electron chi connectivity index (χ0n) is 14.2. The van der Waals surface area contributed by atoms with Gasteiger partial charge in [0.2, 0.25) is 9.84 Å². The normalized spacial score (nSPS) is 17.8. The molecule has 24 heavy (non-hydrogen) atoms. The standard InChI is InChI=1S/C19H22O4S/c1-18(2,3)15-9-11-17(12-10-15)24(20,21)19(22-13-14-23-19)16-7-5-4-6-8-16/h4-12H,13-14H2,1-3H3. The van der Waals surface area contributed by atoms with Crippen molar-refractivity contribution in [2.45, 2.75) is 36.2 Å². The van der Waals surface area contributed by atoms with Crippen LogP contribution in [0.2, 0.25) is 0 Å². The Balaban J connectivity index is 2.08. The van der Waals surface area contributed by atoms with Crippen LogP contribution in [0.1, 0.15) is 31.9 Å². The van der Waals surface area contributed by atoms with Crippen LogP contribution in [-0.4, -0.2) is 21.6 Å². The maximum Gasteiger partial charge on any atom is 0.306 e. The van der Waals surface area contributed by atoms with E-state index in [1.165, 1.54) is 0 Å².